The number of nitrogens with zero attached hydrogens (tertiary/aromatic N) is 4. The third-order valence-electron chi connectivity index (χ3n) is 3.97. The van der Waals surface area contributed by atoms with Crippen LogP contribution in [0.3, 0.4) is 0 Å². The van der Waals surface area contributed by atoms with Crippen LogP contribution in [-0.4, -0.2) is 33.1 Å². The summed E-state index contributed by atoms with van der Waals surface area (Å²) in [4.78, 5) is 2.44. The van der Waals surface area contributed by atoms with Crippen molar-refractivity contribution in [3.8, 4) is 0 Å². The van der Waals surface area contributed by atoms with Gasteiger partial charge >= 0.3 is 0 Å². The molecular weight excluding hydrogens is 256 g/mol. The standard InChI is InChI=1S/C14H24N4S/c1-10(2)19-14-16-15-13(18(14)12-4-5-12)17-8-6-11(3)7-9-17/h10-12H,4-9H2,1-3H3. The molecular formula is C14H24N4S. The Morgan fingerprint density at radius 3 is 2.37 bits per heavy atom. The molecule has 1 saturated heterocycles. The van der Waals surface area contributed by atoms with E-state index in [0.717, 1.165) is 30.1 Å². The van der Waals surface area contributed by atoms with Crippen LogP contribution in [0, 0.1) is 5.92 Å². The van der Waals surface area contributed by atoms with Gasteiger partial charge in [0.05, 0.1) is 0 Å². The highest BCUT2D eigenvalue weighted by molar-refractivity contribution is 7.99. The van der Waals surface area contributed by atoms with Crippen molar-refractivity contribution in [1.29, 1.82) is 0 Å². The van der Waals surface area contributed by atoms with Crippen LogP contribution >= 0.6 is 11.8 Å². The van der Waals surface area contributed by atoms with E-state index in [4.69, 9.17) is 0 Å². The lowest BCUT2D eigenvalue weighted by Gasteiger charge is -2.31. The zero-order chi connectivity index (χ0) is 13.4. The molecule has 2 heterocycles. The number of rotatable bonds is 4. The van der Waals surface area contributed by atoms with Crippen LogP contribution < -0.4 is 4.90 Å². The molecule has 5 heteroatoms. The van der Waals surface area contributed by atoms with Crippen LogP contribution in [0.5, 0.6) is 0 Å². The molecule has 0 atom stereocenters. The third-order valence-corrected chi connectivity index (χ3v) is 4.93. The molecule has 19 heavy (non-hydrogen) atoms. The lowest BCUT2D eigenvalue weighted by atomic mass is 10.00. The molecule has 106 valence electrons. The molecule has 0 bridgehead atoms. The molecule has 0 N–H and O–H groups in total. The molecule has 1 aliphatic carbocycles. The second kappa shape index (κ2) is 5.35. The van der Waals surface area contributed by atoms with Gasteiger partial charge in [0.1, 0.15) is 0 Å². The van der Waals surface area contributed by atoms with E-state index in [0.29, 0.717) is 11.3 Å². The van der Waals surface area contributed by atoms with Gasteiger partial charge in [0.15, 0.2) is 5.16 Å². The maximum atomic E-state index is 4.50. The Bertz CT molecular complexity index is 431. The van der Waals surface area contributed by atoms with Crippen LogP contribution in [0.2, 0.25) is 0 Å². The number of hydrogen-bond acceptors (Lipinski definition) is 4. The van der Waals surface area contributed by atoms with Gasteiger partial charge in [-0.2, -0.15) is 0 Å². The maximum absolute atomic E-state index is 4.50. The lowest BCUT2D eigenvalue weighted by Crippen LogP contribution is -2.34. The minimum Gasteiger partial charge on any atom is -0.341 e. The smallest absolute Gasteiger partial charge is 0.228 e. The van der Waals surface area contributed by atoms with Gasteiger partial charge in [0, 0.05) is 24.4 Å². The van der Waals surface area contributed by atoms with Crippen LogP contribution in [0.15, 0.2) is 5.16 Å². The summed E-state index contributed by atoms with van der Waals surface area (Å²) in [5, 5.41) is 10.6. The quantitative estimate of drug-likeness (QED) is 0.792. The van der Waals surface area contributed by atoms with Crippen LogP contribution in [-0.2, 0) is 0 Å². The van der Waals surface area contributed by atoms with E-state index < -0.39 is 0 Å². The monoisotopic (exact) mass is 280 g/mol. The Hall–Kier alpha value is -0.710. The van der Waals surface area contributed by atoms with Crippen molar-refractivity contribution in [3.63, 3.8) is 0 Å². The van der Waals surface area contributed by atoms with E-state index in [9.17, 15) is 0 Å². The van der Waals surface area contributed by atoms with E-state index in [2.05, 4.69) is 40.4 Å². The van der Waals surface area contributed by atoms with Crippen molar-refractivity contribution in [2.75, 3.05) is 18.0 Å². The van der Waals surface area contributed by atoms with Crippen molar-refractivity contribution < 1.29 is 0 Å². The fraction of sp³-hybridized carbons (Fsp3) is 0.857. The zero-order valence-electron chi connectivity index (χ0n) is 12.2. The van der Waals surface area contributed by atoms with Gasteiger partial charge in [0.25, 0.3) is 0 Å². The lowest BCUT2D eigenvalue weighted by molar-refractivity contribution is 0.429. The van der Waals surface area contributed by atoms with Gasteiger partial charge in [-0.15, -0.1) is 10.2 Å². The summed E-state index contributed by atoms with van der Waals surface area (Å²) in [5.74, 6) is 1.98. The summed E-state index contributed by atoms with van der Waals surface area (Å²) in [5.41, 5.74) is 0. The molecule has 2 fully saturated rings. The summed E-state index contributed by atoms with van der Waals surface area (Å²) >= 11 is 1.84. The molecule has 1 aromatic heterocycles. The molecule has 0 spiro atoms. The molecule has 2 aliphatic rings. The van der Waals surface area contributed by atoms with E-state index in [1.165, 1.54) is 25.7 Å². The minimum atomic E-state index is 0.566. The molecule has 0 unspecified atom stereocenters. The van der Waals surface area contributed by atoms with Crippen molar-refractivity contribution >= 4 is 17.7 Å². The molecule has 4 nitrogen and oxygen atoms in total. The molecule has 0 radical (unpaired) electrons. The van der Waals surface area contributed by atoms with Gasteiger partial charge < -0.3 is 4.90 Å². The number of piperidine rings is 1. The highest BCUT2D eigenvalue weighted by Gasteiger charge is 2.32. The Labute approximate surface area is 120 Å². The van der Waals surface area contributed by atoms with Crippen LogP contribution in [0.4, 0.5) is 5.95 Å². The normalized spacial score (nSPS) is 21.4. The van der Waals surface area contributed by atoms with Crippen molar-refractivity contribution in [2.45, 2.75) is 62.9 Å². The average molecular weight is 280 g/mol. The van der Waals surface area contributed by atoms with Gasteiger partial charge in [-0.25, -0.2) is 0 Å². The highest BCUT2D eigenvalue weighted by Crippen LogP contribution is 2.42. The van der Waals surface area contributed by atoms with E-state index in [1.807, 2.05) is 11.8 Å². The topological polar surface area (TPSA) is 34.0 Å². The van der Waals surface area contributed by atoms with Gasteiger partial charge in [-0.05, 0) is 31.6 Å². The molecule has 1 aromatic rings. The summed E-state index contributed by atoms with van der Waals surface area (Å²) < 4.78 is 2.40. The Balaban J connectivity index is 1.82. The highest BCUT2D eigenvalue weighted by atomic mass is 32.2. The average Bonchev–Trinajstić information content (AvgIpc) is 3.12. The number of thioether (sulfide) groups is 1. The van der Waals surface area contributed by atoms with E-state index in [-0.39, 0.29) is 0 Å². The summed E-state index contributed by atoms with van der Waals surface area (Å²) in [6, 6.07) is 0.658. The van der Waals surface area contributed by atoms with Crippen LogP contribution in [0.25, 0.3) is 0 Å². The predicted molar refractivity (Wildman–Crippen MR) is 79.9 cm³/mol. The Kier molecular flexibility index (Phi) is 3.74. The first-order valence-electron chi connectivity index (χ1n) is 7.51. The molecule has 0 amide bonds. The zero-order valence-corrected chi connectivity index (χ0v) is 13.0. The maximum Gasteiger partial charge on any atom is 0.228 e. The number of anilines is 1. The summed E-state index contributed by atoms with van der Waals surface area (Å²) in [6.45, 7) is 9.07. The van der Waals surface area contributed by atoms with Gasteiger partial charge in [-0.3, -0.25) is 4.57 Å². The molecule has 1 saturated carbocycles. The Morgan fingerprint density at radius 1 is 1.11 bits per heavy atom. The second-order valence-electron chi connectivity index (χ2n) is 6.22. The molecule has 3 rings (SSSR count). The molecule has 1 aliphatic heterocycles. The Morgan fingerprint density at radius 2 is 1.79 bits per heavy atom. The summed E-state index contributed by atoms with van der Waals surface area (Å²) in [7, 11) is 0. The third kappa shape index (κ3) is 2.91. The van der Waals surface area contributed by atoms with Crippen molar-refractivity contribution in [1.82, 2.24) is 14.8 Å². The first-order chi connectivity index (χ1) is 9.15. The SMILES string of the molecule is CC1CCN(c2nnc(SC(C)C)n2C2CC2)CC1. The van der Waals surface area contributed by atoms with Crippen molar-refractivity contribution in [2.24, 2.45) is 5.92 Å². The first kappa shape index (κ1) is 13.3. The van der Waals surface area contributed by atoms with Crippen molar-refractivity contribution in [3.05, 3.63) is 0 Å². The van der Waals surface area contributed by atoms with Gasteiger partial charge in [-0.1, -0.05) is 32.5 Å². The largest absolute Gasteiger partial charge is 0.341 e. The number of hydrogen-bond donors (Lipinski definition) is 0. The summed E-state index contributed by atoms with van der Waals surface area (Å²) in [6.07, 6.45) is 5.15. The first-order valence-corrected chi connectivity index (χ1v) is 8.39. The van der Waals surface area contributed by atoms with Crippen LogP contribution in [0.1, 0.15) is 52.5 Å². The van der Waals surface area contributed by atoms with Gasteiger partial charge in [0.2, 0.25) is 5.95 Å². The second-order valence-corrected chi connectivity index (χ2v) is 7.76. The fourth-order valence-electron chi connectivity index (χ4n) is 2.64. The predicted octanol–water partition coefficient (Wildman–Crippen LogP) is 3.35. The molecule has 0 aromatic carbocycles. The van der Waals surface area contributed by atoms with E-state index >= 15 is 0 Å². The fourth-order valence-corrected chi connectivity index (χ4v) is 3.49. The van der Waals surface area contributed by atoms with E-state index in [1.54, 1.807) is 0 Å². The number of aromatic nitrogens is 3. The minimum absolute atomic E-state index is 0.566.